The quantitative estimate of drug-likeness (QED) is 0.326. The number of piperidine rings is 1. The number of nitrogens with one attached hydrogen (secondary N) is 2. The fraction of sp³-hybridized carbons (Fsp3) is 0.667. The van der Waals surface area contributed by atoms with Crippen LogP contribution in [0.2, 0.25) is 0 Å². The predicted octanol–water partition coefficient (Wildman–Crippen LogP) is 3.96. The molecule has 1 atom stereocenters. The van der Waals surface area contributed by atoms with E-state index in [1.54, 1.807) is 0 Å². The monoisotopic (exact) mass is 557 g/mol. The zero-order chi connectivity index (χ0) is 22.3. The van der Waals surface area contributed by atoms with Crippen molar-refractivity contribution in [2.75, 3.05) is 33.2 Å². The molecule has 2 N–H and O–H groups in total. The largest absolute Gasteiger partial charge is 0.444 e. The molecule has 8 heteroatoms. The van der Waals surface area contributed by atoms with Crippen LogP contribution < -0.4 is 10.6 Å². The maximum absolute atomic E-state index is 12.1. The standard InChI is InChI=1S/C24H39N5O2.HI/c1-24(2,3)31-23(30)27-21-12-15-29(18-21)22(25-4)26-16-19-10-6-7-11-20(19)17-28-13-8-5-9-14-28;/h6-7,10-11,21H,5,8-9,12-18H2,1-4H3,(H,25,26)(H,27,30);1H. The van der Waals surface area contributed by atoms with Crippen molar-refractivity contribution in [3.8, 4) is 0 Å². The first-order chi connectivity index (χ1) is 14.8. The van der Waals surface area contributed by atoms with E-state index in [9.17, 15) is 4.79 Å². The molecule has 1 unspecified atom stereocenters. The lowest BCUT2D eigenvalue weighted by Crippen LogP contribution is -2.44. The number of hydrogen-bond donors (Lipinski definition) is 2. The number of aliphatic imine (C=N–C) groups is 1. The maximum Gasteiger partial charge on any atom is 0.407 e. The minimum atomic E-state index is -0.485. The van der Waals surface area contributed by atoms with Gasteiger partial charge in [0.2, 0.25) is 0 Å². The van der Waals surface area contributed by atoms with E-state index in [-0.39, 0.29) is 36.1 Å². The molecule has 2 aliphatic rings. The van der Waals surface area contributed by atoms with E-state index in [1.807, 2.05) is 27.8 Å². The topological polar surface area (TPSA) is 69.2 Å². The van der Waals surface area contributed by atoms with Crippen LogP contribution in [0.3, 0.4) is 0 Å². The molecule has 0 bridgehead atoms. The van der Waals surface area contributed by atoms with Crippen molar-refractivity contribution in [2.45, 2.75) is 71.2 Å². The number of benzene rings is 1. The Morgan fingerprint density at radius 3 is 2.47 bits per heavy atom. The normalized spacial score (nSPS) is 19.9. The van der Waals surface area contributed by atoms with Gasteiger partial charge < -0.3 is 20.3 Å². The number of guanidine groups is 1. The maximum atomic E-state index is 12.1. The number of amides is 1. The molecular formula is C24H40IN5O2. The van der Waals surface area contributed by atoms with Gasteiger partial charge in [0.25, 0.3) is 0 Å². The first kappa shape index (κ1) is 26.7. The molecule has 3 rings (SSSR count). The Bertz CT molecular complexity index is 759. The van der Waals surface area contributed by atoms with E-state index < -0.39 is 5.60 Å². The summed E-state index contributed by atoms with van der Waals surface area (Å²) >= 11 is 0. The molecular weight excluding hydrogens is 517 g/mol. The molecule has 0 saturated carbocycles. The second-order valence-electron chi connectivity index (χ2n) is 9.58. The summed E-state index contributed by atoms with van der Waals surface area (Å²) in [7, 11) is 1.82. The van der Waals surface area contributed by atoms with E-state index >= 15 is 0 Å². The van der Waals surface area contributed by atoms with Crippen LogP contribution in [0.4, 0.5) is 4.79 Å². The van der Waals surface area contributed by atoms with E-state index in [4.69, 9.17) is 4.74 Å². The molecule has 0 spiro atoms. The molecule has 0 aromatic heterocycles. The van der Waals surface area contributed by atoms with E-state index in [2.05, 4.69) is 49.7 Å². The molecule has 180 valence electrons. The summed E-state index contributed by atoms with van der Waals surface area (Å²) in [5.41, 5.74) is 2.22. The molecule has 2 fully saturated rings. The zero-order valence-electron chi connectivity index (χ0n) is 20.0. The third-order valence-electron chi connectivity index (χ3n) is 5.82. The molecule has 1 aromatic rings. The minimum Gasteiger partial charge on any atom is -0.444 e. The van der Waals surface area contributed by atoms with Gasteiger partial charge in [-0.1, -0.05) is 30.7 Å². The second-order valence-corrected chi connectivity index (χ2v) is 9.58. The van der Waals surface area contributed by atoms with Crippen molar-refractivity contribution in [2.24, 2.45) is 4.99 Å². The third kappa shape index (κ3) is 8.42. The van der Waals surface area contributed by atoms with E-state index in [0.29, 0.717) is 0 Å². The fourth-order valence-electron chi connectivity index (χ4n) is 4.29. The highest BCUT2D eigenvalue weighted by Crippen LogP contribution is 2.17. The predicted molar refractivity (Wildman–Crippen MR) is 141 cm³/mol. The van der Waals surface area contributed by atoms with Crippen LogP contribution in [-0.4, -0.2) is 66.7 Å². The van der Waals surface area contributed by atoms with E-state index in [1.165, 1.54) is 43.5 Å². The SMILES string of the molecule is CN=C(NCc1ccccc1CN1CCCCC1)N1CCC(NC(=O)OC(C)(C)C)C1.I. The van der Waals surface area contributed by atoms with Gasteiger partial charge >= 0.3 is 6.09 Å². The number of nitrogens with zero attached hydrogens (tertiary/aromatic N) is 3. The highest BCUT2D eigenvalue weighted by molar-refractivity contribution is 14.0. The van der Waals surface area contributed by atoms with Crippen molar-refractivity contribution in [3.05, 3.63) is 35.4 Å². The van der Waals surface area contributed by atoms with Gasteiger partial charge in [-0.3, -0.25) is 9.89 Å². The summed E-state index contributed by atoms with van der Waals surface area (Å²) in [4.78, 5) is 21.3. The first-order valence-electron chi connectivity index (χ1n) is 11.6. The summed E-state index contributed by atoms with van der Waals surface area (Å²) in [5, 5.41) is 6.51. The molecule has 0 aliphatic carbocycles. The Morgan fingerprint density at radius 2 is 1.81 bits per heavy atom. The minimum absolute atomic E-state index is 0. The molecule has 7 nitrogen and oxygen atoms in total. The average Bonchev–Trinajstić information content (AvgIpc) is 3.17. The highest BCUT2D eigenvalue weighted by atomic mass is 127. The molecule has 32 heavy (non-hydrogen) atoms. The summed E-state index contributed by atoms with van der Waals surface area (Å²) in [6.07, 6.45) is 4.50. The molecule has 2 heterocycles. The van der Waals surface area contributed by atoms with Crippen molar-refractivity contribution in [3.63, 3.8) is 0 Å². The number of ether oxygens (including phenoxy) is 1. The van der Waals surface area contributed by atoms with Crippen molar-refractivity contribution >= 4 is 36.0 Å². The summed E-state index contributed by atoms with van der Waals surface area (Å²) in [6.45, 7) is 11.4. The number of rotatable bonds is 5. The molecule has 1 amide bonds. The Morgan fingerprint density at radius 1 is 1.12 bits per heavy atom. The van der Waals surface area contributed by atoms with Crippen LogP contribution in [0.5, 0.6) is 0 Å². The van der Waals surface area contributed by atoms with Gasteiger partial charge in [0.15, 0.2) is 5.96 Å². The van der Waals surface area contributed by atoms with Crippen LogP contribution in [-0.2, 0) is 17.8 Å². The molecule has 2 aliphatic heterocycles. The summed E-state index contributed by atoms with van der Waals surface area (Å²) in [5.74, 6) is 0.876. The zero-order valence-corrected chi connectivity index (χ0v) is 22.4. The van der Waals surface area contributed by atoms with Crippen LogP contribution in [0.1, 0.15) is 57.6 Å². The van der Waals surface area contributed by atoms with Crippen molar-refractivity contribution in [1.82, 2.24) is 20.4 Å². The van der Waals surface area contributed by atoms with Gasteiger partial charge in [-0.25, -0.2) is 4.79 Å². The van der Waals surface area contributed by atoms with Crippen LogP contribution in [0, 0.1) is 0 Å². The van der Waals surface area contributed by atoms with Gasteiger partial charge in [-0.15, -0.1) is 24.0 Å². The number of alkyl carbamates (subject to hydrolysis) is 1. The van der Waals surface area contributed by atoms with Gasteiger partial charge in [-0.2, -0.15) is 0 Å². The number of hydrogen-bond acceptors (Lipinski definition) is 4. The Kier molecular flexibility index (Phi) is 10.5. The van der Waals surface area contributed by atoms with Gasteiger partial charge in [0.05, 0.1) is 6.04 Å². The Balaban J connectivity index is 0.00000363. The third-order valence-corrected chi connectivity index (χ3v) is 5.82. The fourth-order valence-corrected chi connectivity index (χ4v) is 4.29. The van der Waals surface area contributed by atoms with Crippen LogP contribution in [0.25, 0.3) is 0 Å². The first-order valence-corrected chi connectivity index (χ1v) is 11.6. The second kappa shape index (κ2) is 12.6. The molecule has 2 saturated heterocycles. The number of carbonyl (C=O) groups is 1. The van der Waals surface area contributed by atoms with Gasteiger partial charge in [0.1, 0.15) is 5.60 Å². The number of carbonyl (C=O) groups excluding carboxylic acids is 1. The highest BCUT2D eigenvalue weighted by Gasteiger charge is 2.28. The van der Waals surface area contributed by atoms with Crippen LogP contribution in [0.15, 0.2) is 29.3 Å². The molecule has 0 radical (unpaired) electrons. The Labute approximate surface area is 210 Å². The number of likely N-dealkylation sites (tertiary alicyclic amines) is 2. The number of halogens is 1. The lowest BCUT2D eigenvalue weighted by Gasteiger charge is -2.27. The van der Waals surface area contributed by atoms with Crippen LogP contribution >= 0.6 is 24.0 Å². The van der Waals surface area contributed by atoms with Gasteiger partial charge in [-0.05, 0) is 64.3 Å². The lowest BCUT2D eigenvalue weighted by molar-refractivity contribution is 0.0507. The van der Waals surface area contributed by atoms with Crippen molar-refractivity contribution in [1.29, 1.82) is 0 Å². The summed E-state index contributed by atoms with van der Waals surface area (Å²) < 4.78 is 5.38. The lowest BCUT2D eigenvalue weighted by atomic mass is 10.0. The van der Waals surface area contributed by atoms with Crippen molar-refractivity contribution < 1.29 is 9.53 Å². The summed E-state index contributed by atoms with van der Waals surface area (Å²) in [6, 6.07) is 8.75. The Hall–Kier alpha value is -1.55. The molecule has 1 aromatic carbocycles. The smallest absolute Gasteiger partial charge is 0.407 e. The van der Waals surface area contributed by atoms with Gasteiger partial charge in [0, 0.05) is 33.2 Å². The van der Waals surface area contributed by atoms with E-state index in [0.717, 1.165) is 38.6 Å². The average molecular weight is 558 g/mol.